The predicted octanol–water partition coefficient (Wildman–Crippen LogP) is 3.12. The summed E-state index contributed by atoms with van der Waals surface area (Å²) in [6.45, 7) is 4.51. The van der Waals surface area contributed by atoms with Gasteiger partial charge in [-0.25, -0.2) is 0 Å². The highest BCUT2D eigenvalue weighted by Crippen LogP contribution is 2.78. The van der Waals surface area contributed by atoms with Crippen LogP contribution in [0.1, 0.15) is 65.2 Å². The van der Waals surface area contributed by atoms with Crippen molar-refractivity contribution in [1.29, 1.82) is 0 Å². The summed E-state index contributed by atoms with van der Waals surface area (Å²) in [4.78, 5) is 37.4. The first kappa shape index (κ1) is 19.0. The molecule has 0 aromatic rings. The van der Waals surface area contributed by atoms with Gasteiger partial charge in [0.05, 0.1) is 19.1 Å². The average Bonchev–Trinajstić information content (AvgIpc) is 3.20. The highest BCUT2D eigenvalue weighted by atomic mass is 16.6. The standard InChI is InChI=1S/C24H30O6/c1-21-7-4-14(25)10-13(21)11-15(20(27)28-3)19-16-5-8-23(9-6-18(26)30-23)22(16,2)12-17-24(19,21)29-17/h10,15-17,19H,4-9,11-12H2,1-3H3/t15?,16?,17?,19?,21-,22-,23-,24+/m0/s1. The zero-order valence-electron chi connectivity index (χ0n) is 18.0. The van der Waals surface area contributed by atoms with E-state index in [0.29, 0.717) is 19.3 Å². The van der Waals surface area contributed by atoms with Gasteiger partial charge in [-0.1, -0.05) is 19.4 Å². The Kier molecular flexibility index (Phi) is 3.53. The Balaban J connectivity index is 1.49. The van der Waals surface area contributed by atoms with Gasteiger partial charge in [-0.3, -0.25) is 14.4 Å². The van der Waals surface area contributed by atoms with Crippen molar-refractivity contribution in [3.63, 3.8) is 0 Å². The van der Waals surface area contributed by atoms with Gasteiger partial charge in [-0.05, 0) is 50.5 Å². The van der Waals surface area contributed by atoms with Crippen LogP contribution >= 0.6 is 0 Å². The van der Waals surface area contributed by atoms with E-state index in [9.17, 15) is 14.4 Å². The van der Waals surface area contributed by atoms with E-state index in [-0.39, 0.29) is 52.4 Å². The molecular weight excluding hydrogens is 384 g/mol. The molecule has 5 fully saturated rings. The summed E-state index contributed by atoms with van der Waals surface area (Å²) < 4.78 is 17.9. The van der Waals surface area contributed by atoms with E-state index in [1.807, 2.05) is 0 Å². The molecule has 0 aromatic carbocycles. The maximum absolute atomic E-state index is 13.0. The van der Waals surface area contributed by atoms with E-state index in [0.717, 1.165) is 37.7 Å². The molecule has 8 atom stereocenters. The lowest BCUT2D eigenvalue weighted by Crippen LogP contribution is -2.63. The summed E-state index contributed by atoms with van der Waals surface area (Å²) in [5, 5.41) is 0. The number of methoxy groups -OCH3 is 1. The molecule has 6 rings (SSSR count). The van der Waals surface area contributed by atoms with Gasteiger partial charge in [0.15, 0.2) is 5.78 Å². The van der Waals surface area contributed by atoms with Crippen LogP contribution in [0.15, 0.2) is 11.6 Å². The van der Waals surface area contributed by atoms with Crippen molar-refractivity contribution < 1.29 is 28.6 Å². The summed E-state index contributed by atoms with van der Waals surface area (Å²) in [5.41, 5.74) is -0.175. The number of epoxide rings is 1. The molecule has 0 amide bonds. The summed E-state index contributed by atoms with van der Waals surface area (Å²) in [5.74, 6) is -0.201. The summed E-state index contributed by atoms with van der Waals surface area (Å²) in [6.07, 6.45) is 7.61. The SMILES string of the molecule is COC(=O)C1CC2=CC(=O)CC[C@]2(C)[C@@]23OC2C[C@@]2(C)C(CC[C@]24CCC(=O)O4)C13. The molecule has 4 aliphatic carbocycles. The number of carbonyl (C=O) groups is 3. The van der Waals surface area contributed by atoms with Crippen LogP contribution in [0.2, 0.25) is 0 Å². The third kappa shape index (κ3) is 1.94. The molecule has 2 saturated heterocycles. The number of carbonyl (C=O) groups excluding carboxylic acids is 3. The molecule has 4 unspecified atom stereocenters. The minimum absolute atomic E-state index is 0.0303. The number of fused-ring (bicyclic) bond motifs is 4. The van der Waals surface area contributed by atoms with E-state index in [2.05, 4.69) is 13.8 Å². The lowest BCUT2D eigenvalue weighted by molar-refractivity contribution is -0.172. The molecule has 2 aliphatic heterocycles. The predicted molar refractivity (Wildman–Crippen MR) is 105 cm³/mol. The van der Waals surface area contributed by atoms with Crippen molar-refractivity contribution in [2.75, 3.05) is 7.11 Å². The second-order valence-electron chi connectivity index (χ2n) is 11.0. The van der Waals surface area contributed by atoms with Gasteiger partial charge in [-0.15, -0.1) is 0 Å². The highest BCUT2D eigenvalue weighted by molar-refractivity contribution is 5.92. The van der Waals surface area contributed by atoms with E-state index >= 15 is 0 Å². The molecule has 0 bridgehead atoms. The Labute approximate surface area is 176 Å². The van der Waals surface area contributed by atoms with Crippen LogP contribution in [0.5, 0.6) is 0 Å². The molecule has 30 heavy (non-hydrogen) atoms. The molecule has 162 valence electrons. The molecule has 0 N–H and O–H groups in total. The first-order chi connectivity index (χ1) is 14.2. The summed E-state index contributed by atoms with van der Waals surface area (Å²) in [6, 6.07) is 0. The molecule has 0 aromatic heterocycles. The van der Waals surface area contributed by atoms with Crippen molar-refractivity contribution in [3.8, 4) is 0 Å². The third-order valence-corrected chi connectivity index (χ3v) is 10.2. The number of hydrogen-bond acceptors (Lipinski definition) is 6. The Hall–Kier alpha value is -1.69. The van der Waals surface area contributed by atoms with Crippen molar-refractivity contribution in [2.24, 2.45) is 28.6 Å². The largest absolute Gasteiger partial charge is 0.469 e. The zero-order chi connectivity index (χ0) is 21.1. The number of ketones is 1. The topological polar surface area (TPSA) is 82.2 Å². The Bertz CT molecular complexity index is 907. The maximum atomic E-state index is 13.0. The van der Waals surface area contributed by atoms with Crippen LogP contribution in [0.25, 0.3) is 0 Å². The van der Waals surface area contributed by atoms with Crippen molar-refractivity contribution >= 4 is 17.7 Å². The normalized spacial score (nSPS) is 53.2. The molecule has 0 radical (unpaired) electrons. The maximum Gasteiger partial charge on any atom is 0.309 e. The monoisotopic (exact) mass is 414 g/mol. The van der Waals surface area contributed by atoms with Gasteiger partial charge in [0.25, 0.3) is 0 Å². The number of ether oxygens (including phenoxy) is 3. The van der Waals surface area contributed by atoms with Crippen molar-refractivity contribution in [3.05, 3.63) is 11.6 Å². The fraction of sp³-hybridized carbons (Fsp3) is 0.792. The molecule has 2 spiro atoms. The minimum Gasteiger partial charge on any atom is -0.469 e. The number of esters is 2. The molecule has 2 heterocycles. The fourth-order valence-electron chi connectivity index (χ4n) is 8.69. The average molecular weight is 414 g/mol. The van der Waals surface area contributed by atoms with E-state index in [1.54, 1.807) is 6.08 Å². The van der Waals surface area contributed by atoms with Crippen LogP contribution in [-0.4, -0.2) is 42.1 Å². The van der Waals surface area contributed by atoms with Gasteiger partial charge in [-0.2, -0.15) is 0 Å². The van der Waals surface area contributed by atoms with Crippen molar-refractivity contribution in [2.45, 2.75) is 82.5 Å². The van der Waals surface area contributed by atoms with Gasteiger partial charge >= 0.3 is 11.9 Å². The van der Waals surface area contributed by atoms with Gasteiger partial charge in [0.2, 0.25) is 0 Å². The number of hydrogen-bond donors (Lipinski definition) is 0. The lowest BCUT2D eigenvalue weighted by atomic mass is 9.43. The molecule has 6 nitrogen and oxygen atoms in total. The van der Waals surface area contributed by atoms with Crippen LogP contribution in [0, 0.1) is 28.6 Å². The third-order valence-electron chi connectivity index (χ3n) is 10.2. The first-order valence-corrected chi connectivity index (χ1v) is 11.4. The lowest BCUT2D eigenvalue weighted by Gasteiger charge is -2.58. The number of rotatable bonds is 1. The van der Waals surface area contributed by atoms with Gasteiger partial charge in [0, 0.05) is 29.6 Å². The first-order valence-electron chi connectivity index (χ1n) is 11.4. The van der Waals surface area contributed by atoms with Crippen LogP contribution < -0.4 is 0 Å². The Morgan fingerprint density at radius 1 is 1.17 bits per heavy atom. The van der Waals surface area contributed by atoms with Crippen molar-refractivity contribution in [1.82, 2.24) is 0 Å². The Morgan fingerprint density at radius 2 is 1.97 bits per heavy atom. The smallest absolute Gasteiger partial charge is 0.309 e. The quantitative estimate of drug-likeness (QED) is 0.484. The summed E-state index contributed by atoms with van der Waals surface area (Å²) in [7, 11) is 1.45. The zero-order valence-corrected chi connectivity index (χ0v) is 18.0. The minimum atomic E-state index is -0.424. The second kappa shape index (κ2) is 5.56. The van der Waals surface area contributed by atoms with Crippen LogP contribution in [-0.2, 0) is 28.6 Å². The molecule has 3 saturated carbocycles. The molecule has 6 aliphatic rings. The second-order valence-corrected chi connectivity index (χ2v) is 11.0. The molecule has 6 heteroatoms. The fourth-order valence-corrected chi connectivity index (χ4v) is 8.69. The van der Waals surface area contributed by atoms with E-state index < -0.39 is 11.2 Å². The van der Waals surface area contributed by atoms with E-state index in [1.165, 1.54) is 7.11 Å². The van der Waals surface area contributed by atoms with Gasteiger partial charge in [0.1, 0.15) is 11.2 Å². The van der Waals surface area contributed by atoms with E-state index in [4.69, 9.17) is 14.2 Å². The van der Waals surface area contributed by atoms with Crippen LogP contribution in [0.4, 0.5) is 0 Å². The molecular formula is C24H30O6. The van der Waals surface area contributed by atoms with Gasteiger partial charge < -0.3 is 14.2 Å². The highest BCUT2D eigenvalue weighted by Gasteiger charge is 2.83. The van der Waals surface area contributed by atoms with Crippen LogP contribution in [0.3, 0.4) is 0 Å². The Morgan fingerprint density at radius 3 is 2.67 bits per heavy atom. The summed E-state index contributed by atoms with van der Waals surface area (Å²) >= 11 is 0.